The van der Waals surface area contributed by atoms with Gasteiger partial charge in [0, 0.05) is 23.9 Å². The van der Waals surface area contributed by atoms with Gasteiger partial charge < -0.3 is 10.0 Å². The van der Waals surface area contributed by atoms with Crippen LogP contribution in [0.5, 0.6) is 0 Å². The molecule has 2 aromatic carbocycles. The third-order valence-electron chi connectivity index (χ3n) is 9.57. The van der Waals surface area contributed by atoms with Gasteiger partial charge in [0.25, 0.3) is 0 Å². The lowest BCUT2D eigenvalue weighted by atomic mass is 9.63. The largest absolute Gasteiger partial charge is 0.481 e. The van der Waals surface area contributed by atoms with Gasteiger partial charge >= 0.3 is 12.1 Å². The van der Waals surface area contributed by atoms with Gasteiger partial charge in [0.2, 0.25) is 11.6 Å². The van der Waals surface area contributed by atoms with E-state index in [1.807, 2.05) is 24.0 Å². The van der Waals surface area contributed by atoms with E-state index in [1.165, 1.54) is 12.1 Å². The molecule has 2 aliphatic carbocycles. The molecule has 0 spiro atoms. The van der Waals surface area contributed by atoms with Gasteiger partial charge in [0.05, 0.1) is 5.92 Å². The fraction of sp³-hybridized carbons (Fsp3) is 0.548. The van der Waals surface area contributed by atoms with Gasteiger partial charge in [-0.3, -0.25) is 9.59 Å². The van der Waals surface area contributed by atoms with Crippen LogP contribution in [0.15, 0.2) is 42.5 Å². The highest BCUT2D eigenvalue weighted by molar-refractivity contribution is 5.80. The van der Waals surface area contributed by atoms with Gasteiger partial charge in [0.1, 0.15) is 0 Å². The maximum Gasteiger partial charge on any atom is 0.426 e. The Morgan fingerprint density at radius 1 is 0.974 bits per heavy atom. The molecule has 2 aromatic rings. The zero-order valence-electron chi connectivity index (χ0n) is 22.4. The number of rotatable bonds is 5. The quantitative estimate of drug-likeness (QED) is 0.428. The van der Waals surface area contributed by atoms with Crippen LogP contribution >= 0.6 is 0 Å². The minimum Gasteiger partial charge on any atom is -0.481 e. The molecular weight excluding hydrogens is 510 g/mol. The highest BCUT2D eigenvalue weighted by Crippen LogP contribution is 2.51. The number of fused-ring (bicyclic) bond motifs is 3. The van der Waals surface area contributed by atoms with Gasteiger partial charge in [-0.15, -0.1) is 0 Å². The van der Waals surface area contributed by atoms with E-state index in [2.05, 4.69) is 12.1 Å². The van der Waals surface area contributed by atoms with Crippen molar-refractivity contribution in [2.75, 3.05) is 6.54 Å². The molecule has 3 aliphatic rings. The molecule has 8 heteroatoms. The first-order valence-corrected chi connectivity index (χ1v) is 13.8. The van der Waals surface area contributed by atoms with Crippen LogP contribution in [0.1, 0.15) is 73.3 Å². The molecule has 1 saturated heterocycles. The Bertz CT molecular complexity index is 1250. The van der Waals surface area contributed by atoms with Crippen molar-refractivity contribution >= 4 is 11.9 Å². The van der Waals surface area contributed by atoms with Crippen LogP contribution < -0.4 is 0 Å². The Morgan fingerprint density at radius 3 is 2.23 bits per heavy atom. The lowest BCUT2D eigenvalue weighted by Crippen LogP contribution is -2.51. The first kappa shape index (κ1) is 27.7. The predicted octanol–water partition coefficient (Wildman–Crippen LogP) is 6.66. The van der Waals surface area contributed by atoms with Crippen molar-refractivity contribution in [2.45, 2.75) is 88.5 Å². The van der Waals surface area contributed by atoms with Crippen LogP contribution in [0.25, 0.3) is 0 Å². The minimum absolute atomic E-state index is 0.0584. The summed E-state index contributed by atoms with van der Waals surface area (Å²) in [6, 6.07) is 12.4. The van der Waals surface area contributed by atoms with E-state index in [9.17, 15) is 32.3 Å². The van der Waals surface area contributed by atoms with Crippen molar-refractivity contribution in [3.05, 3.63) is 70.3 Å². The van der Waals surface area contributed by atoms with Crippen molar-refractivity contribution in [3.63, 3.8) is 0 Å². The van der Waals surface area contributed by atoms with Gasteiger partial charge in [-0.1, -0.05) is 48.0 Å². The van der Waals surface area contributed by atoms with Gasteiger partial charge in [-0.05, 0) is 87.5 Å². The first-order valence-electron chi connectivity index (χ1n) is 13.8. The molecule has 0 aromatic heterocycles. The molecule has 2 fully saturated rings. The topological polar surface area (TPSA) is 57.6 Å². The van der Waals surface area contributed by atoms with Crippen LogP contribution in [0.4, 0.5) is 17.6 Å². The third kappa shape index (κ3) is 4.84. The maximum atomic E-state index is 14.9. The zero-order valence-corrected chi connectivity index (χ0v) is 22.4. The Balaban J connectivity index is 1.49. The van der Waals surface area contributed by atoms with E-state index in [0.717, 1.165) is 22.3 Å². The van der Waals surface area contributed by atoms with E-state index in [0.29, 0.717) is 64.8 Å². The standard InChI is InChI=1S/C31H35F4NO3/c1-19-3-5-20(6-4-19)18-30-15-16-36(27(37)21-7-9-22(10-8-21)28(38)39)26(30)14-11-23-17-24(12-13-25(23)30)29(2,32)31(33,34)35/h3-6,12-13,17,21-22,26H,7-11,14-16,18H2,1-2H3,(H,38,39). The number of alkyl halides is 4. The van der Waals surface area contributed by atoms with Crippen LogP contribution in [0, 0.1) is 18.8 Å². The van der Waals surface area contributed by atoms with Crippen molar-refractivity contribution in [1.29, 1.82) is 0 Å². The summed E-state index contributed by atoms with van der Waals surface area (Å²) < 4.78 is 55.4. The SMILES string of the molecule is Cc1ccc(CC23CCN(C(=O)C4CCC(C(=O)O)CC4)C2CCc2cc(C(C)(F)C(F)(F)F)ccc23)cc1. The number of aryl methyl sites for hydroxylation is 2. The second-order valence-corrected chi connectivity index (χ2v) is 11.9. The third-order valence-corrected chi connectivity index (χ3v) is 9.57. The number of carboxylic acids is 1. The number of carboxylic acid groups (broad SMARTS) is 1. The summed E-state index contributed by atoms with van der Waals surface area (Å²) in [6.45, 7) is 3.11. The van der Waals surface area contributed by atoms with Crippen LogP contribution in [0.3, 0.4) is 0 Å². The van der Waals surface area contributed by atoms with E-state index < -0.39 is 29.1 Å². The lowest BCUT2D eigenvalue weighted by Gasteiger charge is -2.45. The predicted molar refractivity (Wildman–Crippen MR) is 139 cm³/mol. The zero-order chi connectivity index (χ0) is 28.2. The second kappa shape index (κ2) is 9.93. The highest BCUT2D eigenvalue weighted by Gasteiger charge is 2.56. The molecule has 0 radical (unpaired) electrons. The Hall–Kier alpha value is -2.90. The van der Waals surface area contributed by atoms with Crippen molar-refractivity contribution in [1.82, 2.24) is 4.90 Å². The number of hydrogen-bond donors (Lipinski definition) is 1. The second-order valence-electron chi connectivity index (χ2n) is 11.9. The molecule has 1 saturated carbocycles. The minimum atomic E-state index is -5.02. The summed E-state index contributed by atoms with van der Waals surface area (Å²) >= 11 is 0. The molecule has 4 nitrogen and oxygen atoms in total. The lowest BCUT2D eigenvalue weighted by molar-refractivity contribution is -0.228. The molecule has 0 bridgehead atoms. The summed E-state index contributed by atoms with van der Waals surface area (Å²) in [5, 5.41) is 9.35. The van der Waals surface area contributed by atoms with Crippen LogP contribution in [-0.4, -0.2) is 40.6 Å². The summed E-state index contributed by atoms with van der Waals surface area (Å²) in [5.74, 6) is -1.36. The summed E-state index contributed by atoms with van der Waals surface area (Å²) in [4.78, 5) is 27.1. The van der Waals surface area contributed by atoms with E-state index in [4.69, 9.17) is 0 Å². The van der Waals surface area contributed by atoms with Gasteiger partial charge in [-0.2, -0.15) is 13.2 Å². The molecule has 39 heavy (non-hydrogen) atoms. The monoisotopic (exact) mass is 545 g/mol. The Labute approximate surface area is 226 Å². The maximum absolute atomic E-state index is 14.9. The first-order chi connectivity index (χ1) is 18.3. The Morgan fingerprint density at radius 2 is 1.62 bits per heavy atom. The molecule has 1 heterocycles. The summed E-state index contributed by atoms with van der Waals surface area (Å²) in [7, 11) is 0. The van der Waals surface area contributed by atoms with E-state index in [-0.39, 0.29) is 23.4 Å². The number of amides is 1. The number of carbonyl (C=O) groups is 2. The number of aliphatic carboxylic acids is 1. The number of carbonyl (C=O) groups excluding carboxylic acids is 1. The molecule has 3 unspecified atom stereocenters. The highest BCUT2D eigenvalue weighted by atomic mass is 19.4. The molecule has 3 atom stereocenters. The smallest absolute Gasteiger partial charge is 0.426 e. The number of likely N-dealkylation sites (tertiary alicyclic amines) is 1. The average Bonchev–Trinajstić information content (AvgIpc) is 3.28. The van der Waals surface area contributed by atoms with Crippen LogP contribution in [-0.2, 0) is 33.5 Å². The van der Waals surface area contributed by atoms with Crippen molar-refractivity contribution in [3.8, 4) is 0 Å². The summed E-state index contributed by atoms with van der Waals surface area (Å²) in [5.41, 5.74) is -0.485. The van der Waals surface area contributed by atoms with Crippen LogP contribution in [0.2, 0.25) is 0 Å². The fourth-order valence-corrected chi connectivity index (χ4v) is 7.18. The number of halogens is 4. The number of hydrogen-bond acceptors (Lipinski definition) is 2. The number of nitrogens with zero attached hydrogens (tertiary/aromatic N) is 1. The van der Waals surface area contributed by atoms with Crippen molar-refractivity contribution in [2.24, 2.45) is 11.8 Å². The van der Waals surface area contributed by atoms with Crippen molar-refractivity contribution < 1.29 is 32.3 Å². The molecule has 1 N–H and O–H groups in total. The molecule has 1 amide bonds. The molecule has 5 rings (SSSR count). The van der Waals surface area contributed by atoms with Gasteiger partial charge in [-0.25, -0.2) is 4.39 Å². The molecular formula is C31H35F4NO3. The average molecular weight is 546 g/mol. The normalized spacial score (nSPS) is 28.4. The number of benzene rings is 2. The summed E-state index contributed by atoms with van der Waals surface area (Å²) in [6.07, 6.45) is -0.578. The molecule has 210 valence electrons. The Kier molecular flexibility index (Phi) is 7.04. The van der Waals surface area contributed by atoms with E-state index in [1.54, 1.807) is 6.07 Å². The molecule has 1 aliphatic heterocycles. The van der Waals surface area contributed by atoms with E-state index >= 15 is 0 Å². The fourth-order valence-electron chi connectivity index (χ4n) is 7.18. The van der Waals surface area contributed by atoms with Gasteiger partial charge in [0.15, 0.2) is 0 Å².